The number of aromatic nitrogens is 2. The number of hydrogen-bond donors (Lipinski definition) is 1. The number of pyridine rings is 1. The molecule has 1 fully saturated rings. The first-order chi connectivity index (χ1) is 25.7. The van der Waals surface area contributed by atoms with Crippen LogP contribution in [0.2, 0.25) is 0 Å². The highest BCUT2D eigenvalue weighted by Gasteiger charge is 2.38. The van der Waals surface area contributed by atoms with E-state index < -0.39 is 17.7 Å². The Morgan fingerprint density at radius 3 is 2.39 bits per heavy atom. The minimum Gasteiger partial charge on any atom is -0.490 e. The largest absolute Gasteiger partial charge is 0.490 e. The van der Waals surface area contributed by atoms with E-state index in [0.29, 0.717) is 70.4 Å². The minimum atomic E-state index is -1.32. The number of carbonyl (C=O) groups is 1. The van der Waals surface area contributed by atoms with E-state index in [1.807, 2.05) is 69.5 Å². The maximum Gasteiger partial charge on any atom is 0.337 e. The van der Waals surface area contributed by atoms with Crippen molar-refractivity contribution in [3.8, 4) is 39.3 Å². The Balaban J connectivity index is 1.51. The van der Waals surface area contributed by atoms with Crippen molar-refractivity contribution in [2.75, 3.05) is 24.6 Å². The first-order valence-corrected chi connectivity index (χ1v) is 18.9. The van der Waals surface area contributed by atoms with E-state index in [-0.39, 0.29) is 23.3 Å². The van der Waals surface area contributed by atoms with Crippen molar-refractivity contribution in [2.45, 2.75) is 97.1 Å². The molecule has 5 aromatic rings. The molecule has 2 atom stereocenters. The Bertz CT molecular complexity index is 2170. The summed E-state index contributed by atoms with van der Waals surface area (Å²) in [5.74, 6) is -0.575. The monoisotopic (exact) mass is 737 g/mol. The number of anilines is 1. The van der Waals surface area contributed by atoms with Crippen molar-refractivity contribution in [3.63, 3.8) is 0 Å². The summed E-state index contributed by atoms with van der Waals surface area (Å²) in [6.07, 6.45) is 4.63. The highest BCUT2D eigenvalue weighted by molar-refractivity contribution is 5.89. The van der Waals surface area contributed by atoms with Crippen molar-refractivity contribution in [2.24, 2.45) is 0 Å². The molecule has 0 amide bonds. The van der Waals surface area contributed by atoms with Crippen LogP contribution in [-0.4, -0.2) is 57.5 Å². The van der Waals surface area contributed by atoms with Crippen LogP contribution >= 0.6 is 0 Å². The van der Waals surface area contributed by atoms with Crippen LogP contribution in [0.3, 0.4) is 0 Å². The maximum atomic E-state index is 14.8. The lowest BCUT2D eigenvalue weighted by atomic mass is 9.90. The molecule has 0 radical (unpaired) electrons. The van der Waals surface area contributed by atoms with Crippen LogP contribution in [-0.2, 0) is 14.3 Å². The number of fused-ring (bicyclic) bond motifs is 8. The average Bonchev–Trinajstić information content (AvgIpc) is 3.56. The molecule has 10 heteroatoms. The summed E-state index contributed by atoms with van der Waals surface area (Å²) in [6.45, 7) is 13.5. The Kier molecular flexibility index (Phi) is 10.3. The number of carboxylic acids is 1. The standard InChI is InChI=1S/C44H49F2N3O5/c1-27-10-7-8-23-52-44(6)19-21-48(22-20-44)41-38(39(42(50)51)54-43(3,4)5)28(2)37(29-13-15-32(45)16-14-29)40-47-35(26-49(40)41)31-12-9-11-30(24-31)34-25-33(46)17-18-36(34)53-27/h9,11-18,24-27,39H,7-8,10,19-23H2,1-6H3,(H,50,51). The summed E-state index contributed by atoms with van der Waals surface area (Å²) in [5, 5.41) is 10.8. The number of carboxylic acid groups (broad SMARTS) is 1. The summed E-state index contributed by atoms with van der Waals surface area (Å²) < 4.78 is 50.5. The molecule has 1 saturated heterocycles. The zero-order valence-corrected chi connectivity index (χ0v) is 31.9. The molecule has 54 heavy (non-hydrogen) atoms. The van der Waals surface area contributed by atoms with Crippen LogP contribution in [0.15, 0.2) is 72.9 Å². The van der Waals surface area contributed by atoms with E-state index in [1.165, 1.54) is 24.3 Å². The van der Waals surface area contributed by atoms with E-state index in [4.69, 9.17) is 19.2 Å². The van der Waals surface area contributed by atoms with Gasteiger partial charge in [-0.1, -0.05) is 30.3 Å². The molecule has 0 saturated carbocycles. The third-order valence-corrected chi connectivity index (χ3v) is 10.6. The highest BCUT2D eigenvalue weighted by Crippen LogP contribution is 2.44. The fourth-order valence-electron chi connectivity index (χ4n) is 7.78. The van der Waals surface area contributed by atoms with Crippen molar-refractivity contribution >= 4 is 17.4 Å². The molecule has 1 N–H and O–H groups in total. The third-order valence-electron chi connectivity index (χ3n) is 10.6. The van der Waals surface area contributed by atoms with Gasteiger partial charge in [0, 0.05) is 48.1 Å². The number of piperidine rings is 1. The molecule has 0 spiro atoms. The van der Waals surface area contributed by atoms with Crippen LogP contribution in [0.25, 0.3) is 39.2 Å². The van der Waals surface area contributed by atoms with Crippen LogP contribution in [0.1, 0.15) is 84.0 Å². The van der Waals surface area contributed by atoms with Crippen LogP contribution in [0, 0.1) is 18.6 Å². The molecule has 2 aromatic heterocycles. The third kappa shape index (κ3) is 7.72. The van der Waals surface area contributed by atoms with Crippen molar-refractivity contribution in [1.82, 2.24) is 9.38 Å². The van der Waals surface area contributed by atoms with Crippen LogP contribution in [0.4, 0.5) is 14.6 Å². The molecule has 2 unspecified atom stereocenters. The summed E-state index contributed by atoms with van der Waals surface area (Å²) >= 11 is 0. The van der Waals surface area contributed by atoms with Gasteiger partial charge in [-0.15, -0.1) is 0 Å². The number of hydrogen-bond acceptors (Lipinski definition) is 6. The van der Waals surface area contributed by atoms with Gasteiger partial charge in [-0.3, -0.25) is 4.40 Å². The number of halogens is 2. The number of imidazole rings is 1. The fraction of sp³-hybridized carbons (Fsp3) is 0.409. The second-order valence-corrected chi connectivity index (χ2v) is 15.9. The summed E-state index contributed by atoms with van der Waals surface area (Å²) in [6, 6.07) is 18.6. The van der Waals surface area contributed by atoms with Gasteiger partial charge in [-0.2, -0.15) is 0 Å². The minimum absolute atomic E-state index is 0.0853. The number of aliphatic carboxylic acids is 1. The van der Waals surface area contributed by atoms with Crippen LogP contribution < -0.4 is 9.64 Å². The van der Waals surface area contributed by atoms with Gasteiger partial charge in [-0.05, 0) is 127 Å². The Labute approximate surface area is 315 Å². The lowest BCUT2D eigenvalue weighted by Crippen LogP contribution is -2.45. The van der Waals surface area contributed by atoms with Crippen LogP contribution in [0.5, 0.6) is 5.75 Å². The number of ether oxygens (including phenoxy) is 3. The Morgan fingerprint density at radius 2 is 1.69 bits per heavy atom. The van der Waals surface area contributed by atoms with Gasteiger partial charge in [0.05, 0.1) is 23.0 Å². The van der Waals surface area contributed by atoms with Crippen molar-refractivity contribution in [3.05, 3.63) is 95.7 Å². The normalized spacial score (nSPS) is 20.1. The van der Waals surface area contributed by atoms with Crippen molar-refractivity contribution in [1.29, 1.82) is 0 Å². The molecular weight excluding hydrogens is 688 g/mol. The molecule has 8 nitrogen and oxygen atoms in total. The maximum absolute atomic E-state index is 14.8. The molecule has 3 aliphatic heterocycles. The zero-order valence-electron chi connectivity index (χ0n) is 31.9. The predicted octanol–water partition coefficient (Wildman–Crippen LogP) is 10.2. The fourth-order valence-corrected chi connectivity index (χ4v) is 7.78. The molecule has 6 bridgehead atoms. The first kappa shape index (κ1) is 37.5. The van der Waals surface area contributed by atoms with E-state index in [1.54, 1.807) is 18.2 Å². The lowest BCUT2D eigenvalue weighted by molar-refractivity contribution is -0.160. The quantitative estimate of drug-likeness (QED) is 0.197. The molecule has 5 heterocycles. The Hall–Kier alpha value is -4.80. The summed E-state index contributed by atoms with van der Waals surface area (Å²) in [4.78, 5) is 20.7. The summed E-state index contributed by atoms with van der Waals surface area (Å²) in [5.41, 5.74) is 4.86. The smallest absolute Gasteiger partial charge is 0.337 e. The second kappa shape index (κ2) is 14.8. The zero-order chi connectivity index (χ0) is 38.4. The van der Waals surface area contributed by atoms with Gasteiger partial charge in [0.1, 0.15) is 28.8 Å². The van der Waals surface area contributed by atoms with Gasteiger partial charge < -0.3 is 24.2 Å². The van der Waals surface area contributed by atoms with E-state index in [0.717, 1.165) is 43.2 Å². The van der Waals surface area contributed by atoms with E-state index >= 15 is 0 Å². The van der Waals surface area contributed by atoms with Gasteiger partial charge >= 0.3 is 5.97 Å². The van der Waals surface area contributed by atoms with Gasteiger partial charge in [0.2, 0.25) is 0 Å². The SMILES string of the molecule is Cc1c(C(OC(C)(C)C)C(=O)O)c2n3cc(nc3c1-c1ccc(F)cc1)-c1cccc(c1)-c1cc(F)ccc1OC(C)CCCCOC1(C)CCN2CC1. The molecule has 3 aliphatic rings. The average molecular weight is 738 g/mol. The Morgan fingerprint density at radius 1 is 0.981 bits per heavy atom. The lowest BCUT2D eigenvalue weighted by Gasteiger charge is -2.42. The molecule has 284 valence electrons. The number of rotatable bonds is 4. The van der Waals surface area contributed by atoms with Gasteiger partial charge in [0.25, 0.3) is 0 Å². The number of benzene rings is 3. The highest BCUT2D eigenvalue weighted by atomic mass is 19.1. The van der Waals surface area contributed by atoms with Gasteiger partial charge in [0.15, 0.2) is 6.10 Å². The topological polar surface area (TPSA) is 85.5 Å². The molecule has 3 aromatic carbocycles. The number of nitrogens with zero attached hydrogens (tertiary/aromatic N) is 3. The van der Waals surface area contributed by atoms with Gasteiger partial charge in [-0.25, -0.2) is 18.6 Å². The second-order valence-electron chi connectivity index (χ2n) is 15.9. The molecule has 0 aliphatic carbocycles. The summed E-state index contributed by atoms with van der Waals surface area (Å²) in [7, 11) is 0. The van der Waals surface area contributed by atoms with E-state index in [2.05, 4.69) is 11.8 Å². The van der Waals surface area contributed by atoms with E-state index in [9.17, 15) is 18.7 Å². The molecular formula is C44H49F2N3O5. The predicted molar refractivity (Wildman–Crippen MR) is 207 cm³/mol. The molecule has 8 rings (SSSR count). The first-order valence-electron chi connectivity index (χ1n) is 18.9. The van der Waals surface area contributed by atoms with Crippen molar-refractivity contribution < 1.29 is 32.9 Å².